The lowest BCUT2D eigenvalue weighted by Gasteiger charge is -2.42. The van der Waals surface area contributed by atoms with Gasteiger partial charge in [-0.05, 0) is 22.7 Å². The van der Waals surface area contributed by atoms with E-state index in [1.807, 2.05) is 0 Å². The average Bonchev–Trinajstić information content (AvgIpc) is 3.62. The number of aliphatic imine (C=N–C) groups is 2. The summed E-state index contributed by atoms with van der Waals surface area (Å²) >= 11 is 1.32. The first-order valence-corrected chi connectivity index (χ1v) is 13.4. The van der Waals surface area contributed by atoms with Crippen molar-refractivity contribution in [1.29, 1.82) is 0 Å². The molecule has 1 fully saturated rings. The van der Waals surface area contributed by atoms with Crippen molar-refractivity contribution < 1.29 is 49.3 Å². The number of H-pyrrole nitrogens is 2. The van der Waals surface area contributed by atoms with Gasteiger partial charge in [-0.1, -0.05) is 0 Å². The van der Waals surface area contributed by atoms with Crippen LogP contribution in [0.1, 0.15) is 6.92 Å². The van der Waals surface area contributed by atoms with Gasteiger partial charge in [0.05, 0.1) is 19.4 Å². The van der Waals surface area contributed by atoms with Gasteiger partial charge in [0.1, 0.15) is 42.9 Å². The third kappa shape index (κ3) is 8.78. The summed E-state index contributed by atoms with van der Waals surface area (Å²) in [6, 6.07) is 0. The molecule has 0 radical (unpaired) electrons. The highest BCUT2D eigenvalue weighted by Crippen LogP contribution is 2.26. The number of esters is 1. The maximum atomic E-state index is 11.5. The fourth-order valence-corrected chi connectivity index (χ4v) is 4.71. The minimum absolute atomic E-state index is 0.0798. The third-order valence-electron chi connectivity index (χ3n) is 5.33. The Labute approximate surface area is 242 Å². The molecule has 1 aliphatic rings. The van der Waals surface area contributed by atoms with Crippen LogP contribution in [0.25, 0.3) is 0 Å². The molecular weight excluding hydrogens is 612 g/mol. The monoisotopic (exact) mass is 638 g/mol. The number of ether oxygens (including phenoxy) is 4. The number of aliphatic hydroxyl groups excluding tert-OH is 5. The lowest BCUT2D eigenvalue weighted by atomic mass is 9.99. The minimum atomic E-state index is -1.82. The molecule has 1 aliphatic heterocycles. The van der Waals surface area contributed by atoms with Crippen LogP contribution in [0, 0.1) is 20.8 Å². The zero-order chi connectivity index (χ0) is 31.0. The molecule has 234 valence electrons. The van der Waals surface area contributed by atoms with Crippen LogP contribution in [0.2, 0.25) is 0 Å². The zero-order valence-electron chi connectivity index (χ0n) is 21.4. The van der Waals surface area contributed by atoms with Gasteiger partial charge in [0.2, 0.25) is 0 Å². The number of hydrogen-bond acceptors (Lipinski definition) is 18. The molecule has 22 heteroatoms. The molecule has 0 aliphatic carbocycles. The number of rotatable bonds is 12. The molecule has 1 saturated heterocycles. The molecule has 2 aromatic rings. The van der Waals surface area contributed by atoms with Crippen LogP contribution < -0.4 is 19.4 Å². The molecule has 0 aromatic carbocycles. The topological polar surface area (TPSA) is 310 Å². The van der Waals surface area contributed by atoms with E-state index >= 15 is 0 Å². The Morgan fingerprint density at radius 2 is 1.64 bits per heavy atom. The van der Waals surface area contributed by atoms with Crippen molar-refractivity contribution in [2.24, 2.45) is 9.98 Å². The van der Waals surface area contributed by atoms with Crippen molar-refractivity contribution in [1.82, 2.24) is 19.8 Å². The van der Waals surface area contributed by atoms with E-state index in [0.717, 1.165) is 19.4 Å². The first-order chi connectivity index (χ1) is 19.9. The third-order valence-corrected chi connectivity index (χ3v) is 7.11. The van der Waals surface area contributed by atoms with Crippen LogP contribution in [-0.2, 0) is 23.7 Å². The fourth-order valence-electron chi connectivity index (χ4n) is 3.46. The molecule has 0 unspecified atom stereocenters. The lowest BCUT2D eigenvalue weighted by molar-refractivity contribution is -0.315. The number of hydrogen-bond donors (Lipinski definition) is 7. The highest BCUT2D eigenvalue weighted by molar-refractivity contribution is 7.13. The van der Waals surface area contributed by atoms with Crippen LogP contribution in [0.4, 0.5) is 10.0 Å². The number of thiazole rings is 2. The number of carbonyl (C=O) groups excluding carboxylic acids is 1. The van der Waals surface area contributed by atoms with E-state index in [9.17, 15) is 51.2 Å². The van der Waals surface area contributed by atoms with Crippen molar-refractivity contribution in [3.63, 3.8) is 0 Å². The molecule has 3 heterocycles. The molecule has 0 bridgehead atoms. The molecular formula is C20H26N6O14S2-2. The van der Waals surface area contributed by atoms with E-state index in [1.54, 1.807) is 0 Å². The summed E-state index contributed by atoms with van der Waals surface area (Å²) < 4.78 is 21.5. The first kappa shape index (κ1) is 33.1. The first-order valence-electron chi connectivity index (χ1n) is 11.7. The average molecular weight is 639 g/mol. The maximum Gasteiger partial charge on any atom is 0.341 e. The zero-order valence-corrected chi connectivity index (χ0v) is 23.0. The molecule has 0 saturated carbocycles. The van der Waals surface area contributed by atoms with Crippen LogP contribution >= 0.6 is 22.7 Å². The van der Waals surface area contributed by atoms with E-state index < -0.39 is 78.2 Å². The van der Waals surface area contributed by atoms with Gasteiger partial charge in [-0.2, -0.15) is 0 Å². The van der Waals surface area contributed by atoms with E-state index in [2.05, 4.69) is 20.0 Å². The SMILES string of the molecule is CC(=O)O[C@@H]1[C@@H](O)[C@@H](O[C@@H](C=Nc2c[nH]c(=[N+]([O-])[O-])s2)[C@@H](CO)O[C@H](O)C=Nc2c[nH]c(=[N+]([O-])[O-])s2)O[C@@H](CO)[C@H]1O. The van der Waals surface area contributed by atoms with Gasteiger partial charge in [-0.25, -0.2) is 20.0 Å². The van der Waals surface area contributed by atoms with Gasteiger partial charge < -0.3 is 65.3 Å². The number of aromatic amines is 2. The van der Waals surface area contributed by atoms with Crippen molar-refractivity contribution in [3.8, 4) is 0 Å². The normalized spacial score (nSPS) is 25.0. The Hall–Kier alpha value is -3.45. The molecule has 2 aromatic heterocycles. The summed E-state index contributed by atoms with van der Waals surface area (Å²) in [7, 11) is 0. The Morgan fingerprint density at radius 3 is 2.12 bits per heavy atom. The Morgan fingerprint density at radius 1 is 1.07 bits per heavy atom. The van der Waals surface area contributed by atoms with E-state index in [1.165, 1.54) is 12.4 Å². The summed E-state index contributed by atoms with van der Waals surface area (Å²) in [6.45, 7) is -0.596. The highest BCUT2D eigenvalue weighted by Gasteiger charge is 2.48. The van der Waals surface area contributed by atoms with E-state index in [-0.39, 0.29) is 19.6 Å². The summed E-state index contributed by atoms with van der Waals surface area (Å²) in [5.41, 5.74) is 0. The fraction of sp³-hybridized carbons (Fsp3) is 0.550. The molecule has 0 spiro atoms. The highest BCUT2D eigenvalue weighted by atomic mass is 32.1. The van der Waals surface area contributed by atoms with Crippen molar-refractivity contribution in [3.05, 3.63) is 42.8 Å². The molecule has 8 atom stereocenters. The summed E-state index contributed by atoms with van der Waals surface area (Å²) in [4.78, 5) is 22.2. The number of carbonyl (C=O) groups is 1. The van der Waals surface area contributed by atoms with Crippen LogP contribution in [0.15, 0.2) is 22.4 Å². The number of nitrogens with one attached hydrogen (secondary N) is 2. The maximum absolute atomic E-state index is 11.5. The molecule has 7 N–H and O–H groups in total. The summed E-state index contributed by atoms with van der Waals surface area (Å²) in [5.74, 6) is -0.864. The second-order valence-corrected chi connectivity index (χ2v) is 10.3. The van der Waals surface area contributed by atoms with Crippen molar-refractivity contribution in [2.75, 3.05) is 13.2 Å². The van der Waals surface area contributed by atoms with Gasteiger partial charge in [0.15, 0.2) is 28.7 Å². The van der Waals surface area contributed by atoms with Crippen molar-refractivity contribution >= 4 is 51.1 Å². The van der Waals surface area contributed by atoms with Crippen LogP contribution in [0.3, 0.4) is 0 Å². The summed E-state index contributed by atoms with van der Waals surface area (Å²) in [6.07, 6.45) is -8.69. The van der Waals surface area contributed by atoms with Crippen molar-refractivity contribution in [2.45, 2.75) is 56.1 Å². The number of nitrogens with zero attached hydrogens (tertiary/aromatic N) is 4. The molecule has 3 rings (SSSR count). The van der Waals surface area contributed by atoms with E-state index in [4.69, 9.17) is 18.9 Å². The smallest absolute Gasteiger partial charge is 0.341 e. The second-order valence-electron chi connectivity index (χ2n) is 8.27. The van der Waals surface area contributed by atoms with Gasteiger partial charge in [-0.15, -0.1) is 0 Å². The van der Waals surface area contributed by atoms with Gasteiger partial charge in [0, 0.05) is 13.1 Å². The van der Waals surface area contributed by atoms with Gasteiger partial charge in [-0.3, -0.25) is 14.6 Å². The Balaban J connectivity index is 1.87. The van der Waals surface area contributed by atoms with Crippen LogP contribution in [0.5, 0.6) is 0 Å². The minimum Gasteiger partial charge on any atom is -0.711 e. The van der Waals surface area contributed by atoms with Crippen LogP contribution in [-0.4, -0.2) is 116 Å². The quantitative estimate of drug-likeness (QED) is 0.0515. The summed E-state index contributed by atoms with van der Waals surface area (Å²) in [5, 5.41) is 94.8. The number of aliphatic hydroxyl groups is 5. The largest absolute Gasteiger partial charge is 0.711 e. The molecule has 0 amide bonds. The Kier molecular flexibility index (Phi) is 11.9. The van der Waals surface area contributed by atoms with E-state index in [0.29, 0.717) is 22.7 Å². The standard InChI is InChI=1S/C20H26N6O14S2/c1-8(29)37-17-15(31)11(7-28)40-18(16(17)32)39-9(2-21-12-3-23-19(41-12)25(33)34)10(6-27)38-14(30)5-22-13-4-24-20(42-13)26(35)36/h2-5,9-11,14-18,23-24,27-28,30-32H,6-7H2,1H3/q-2/t9-,10+,11-,14-,15+,16+,17-,18-/m0/s1. The molecule has 20 nitrogen and oxygen atoms in total. The van der Waals surface area contributed by atoms with Gasteiger partial charge in [0.25, 0.3) is 0 Å². The second kappa shape index (κ2) is 15.1. The molecule has 42 heavy (non-hydrogen) atoms. The lowest BCUT2D eigenvalue weighted by Crippen LogP contribution is -2.61. The number of aromatic nitrogens is 2. The van der Waals surface area contributed by atoms with Gasteiger partial charge >= 0.3 is 15.6 Å². The predicted molar refractivity (Wildman–Crippen MR) is 144 cm³/mol. The predicted octanol–water partition coefficient (Wildman–Crippen LogP) is -3.44. The Bertz CT molecular complexity index is 1360.